The summed E-state index contributed by atoms with van der Waals surface area (Å²) in [5, 5.41) is 25.1. The molecular weight excluding hydrogens is 288 g/mol. The summed E-state index contributed by atoms with van der Waals surface area (Å²) in [7, 11) is 0. The molecule has 0 bridgehead atoms. The Morgan fingerprint density at radius 3 is 2.64 bits per heavy atom. The first-order valence-electron chi connectivity index (χ1n) is 6.48. The quantitative estimate of drug-likeness (QED) is 0.672. The van der Waals surface area contributed by atoms with Crippen LogP contribution in [0.1, 0.15) is 5.69 Å². The van der Waals surface area contributed by atoms with Crippen molar-refractivity contribution in [2.45, 2.75) is 6.42 Å². The van der Waals surface area contributed by atoms with Gasteiger partial charge in [-0.25, -0.2) is 4.79 Å². The highest BCUT2D eigenvalue weighted by atomic mass is 16.6. The molecule has 2 amide bonds. The number of hydroxylamine groups is 1. The van der Waals surface area contributed by atoms with E-state index in [2.05, 4.69) is 10.3 Å². The van der Waals surface area contributed by atoms with Crippen molar-refractivity contribution in [3.63, 3.8) is 0 Å². The molecule has 0 aliphatic rings. The zero-order chi connectivity index (χ0) is 15.9. The predicted octanol–water partition coefficient (Wildman–Crippen LogP) is 2.25. The lowest BCUT2D eigenvalue weighted by molar-refractivity contribution is -0.384. The Balaban J connectivity index is 1.96. The van der Waals surface area contributed by atoms with Crippen molar-refractivity contribution in [3.05, 3.63) is 69.7 Å². The zero-order valence-electron chi connectivity index (χ0n) is 11.5. The number of nitrogens with one attached hydrogen (secondary N) is 1. The Morgan fingerprint density at radius 2 is 1.95 bits per heavy atom. The summed E-state index contributed by atoms with van der Waals surface area (Å²) in [5.74, 6) is 0. The summed E-state index contributed by atoms with van der Waals surface area (Å²) < 4.78 is 0. The molecule has 1 aromatic carbocycles. The number of para-hydroxylation sites is 2. The van der Waals surface area contributed by atoms with Crippen molar-refractivity contribution in [1.29, 1.82) is 0 Å². The molecule has 0 fully saturated rings. The van der Waals surface area contributed by atoms with Crippen LogP contribution in [-0.4, -0.2) is 22.5 Å². The second-order valence-corrected chi connectivity index (χ2v) is 4.34. The number of hydrogen-bond acceptors (Lipinski definition) is 5. The summed E-state index contributed by atoms with van der Waals surface area (Å²) in [5.41, 5.74) is 0.0474. The van der Waals surface area contributed by atoms with Gasteiger partial charge in [0.05, 0.1) is 4.92 Å². The summed E-state index contributed by atoms with van der Waals surface area (Å²) in [6, 6.07) is 9.70. The van der Waals surface area contributed by atoms with E-state index in [9.17, 15) is 20.1 Å². The van der Waals surface area contributed by atoms with Crippen molar-refractivity contribution >= 4 is 17.4 Å². The molecule has 0 radical (unpaired) electrons. The van der Waals surface area contributed by atoms with Crippen LogP contribution in [0.5, 0.6) is 0 Å². The van der Waals surface area contributed by atoms with Gasteiger partial charge in [0.2, 0.25) is 0 Å². The van der Waals surface area contributed by atoms with Crippen LogP contribution in [0.25, 0.3) is 0 Å². The first-order valence-corrected chi connectivity index (χ1v) is 6.48. The van der Waals surface area contributed by atoms with Crippen LogP contribution < -0.4 is 10.4 Å². The number of amides is 2. The lowest BCUT2D eigenvalue weighted by Crippen LogP contribution is -2.37. The van der Waals surface area contributed by atoms with Gasteiger partial charge in [-0.15, -0.1) is 0 Å². The summed E-state index contributed by atoms with van der Waals surface area (Å²) in [4.78, 5) is 26.0. The monoisotopic (exact) mass is 301 g/mol. The topological polar surface area (TPSA) is 111 Å². The zero-order valence-corrected chi connectivity index (χ0v) is 11.5. The van der Waals surface area contributed by atoms with Crippen LogP contribution in [0.3, 0.4) is 0 Å². The number of nitrogens with zero attached hydrogens (tertiary/aromatic N) is 3. The first-order chi connectivity index (χ1) is 10.6. The summed E-state index contributed by atoms with van der Waals surface area (Å²) >= 11 is 0. The number of hydrogen-bond donors (Lipinski definition) is 1. The van der Waals surface area contributed by atoms with Gasteiger partial charge in [-0.05, 0) is 18.2 Å². The Bertz CT molecular complexity index is 663. The van der Waals surface area contributed by atoms with Gasteiger partial charge < -0.3 is 15.6 Å². The Hall–Kier alpha value is -3.00. The molecule has 0 saturated heterocycles. The molecule has 0 aliphatic carbocycles. The van der Waals surface area contributed by atoms with Crippen LogP contribution in [0.4, 0.5) is 16.2 Å². The lowest BCUT2D eigenvalue weighted by atomic mass is 10.2. The molecule has 2 aromatic rings. The van der Waals surface area contributed by atoms with Gasteiger partial charge in [0.1, 0.15) is 5.69 Å². The normalized spacial score (nSPS) is 10.0. The SMILES string of the molecule is O=C(NCCc1ccccn1)N([O-])c1ccccc1[N+](=O)[O-]. The predicted molar refractivity (Wildman–Crippen MR) is 80.3 cm³/mol. The number of nitro groups is 1. The molecule has 114 valence electrons. The minimum Gasteiger partial charge on any atom is -0.750 e. The number of benzene rings is 1. The van der Waals surface area contributed by atoms with Crippen molar-refractivity contribution in [2.75, 3.05) is 11.6 Å². The molecule has 8 heteroatoms. The summed E-state index contributed by atoms with van der Waals surface area (Å²) in [6.45, 7) is 0.204. The number of carbonyl (C=O) groups excluding carboxylic acids is 1. The Labute approximate surface area is 126 Å². The highest BCUT2D eigenvalue weighted by Gasteiger charge is 2.17. The number of rotatable bonds is 5. The average molecular weight is 301 g/mol. The third-order valence-corrected chi connectivity index (χ3v) is 2.87. The van der Waals surface area contributed by atoms with Gasteiger partial charge in [0, 0.05) is 30.9 Å². The fourth-order valence-electron chi connectivity index (χ4n) is 1.82. The molecule has 0 saturated carbocycles. The van der Waals surface area contributed by atoms with Crippen molar-refractivity contribution < 1.29 is 9.72 Å². The van der Waals surface area contributed by atoms with Crippen LogP contribution >= 0.6 is 0 Å². The van der Waals surface area contributed by atoms with E-state index in [0.29, 0.717) is 6.42 Å². The second-order valence-electron chi connectivity index (χ2n) is 4.34. The van der Waals surface area contributed by atoms with Gasteiger partial charge in [-0.1, -0.05) is 18.2 Å². The minimum absolute atomic E-state index is 0.0173. The second kappa shape index (κ2) is 7.14. The van der Waals surface area contributed by atoms with Crippen molar-refractivity contribution in [1.82, 2.24) is 10.3 Å². The molecular formula is C14H13N4O4-. The molecule has 8 nitrogen and oxygen atoms in total. The number of anilines is 1. The van der Waals surface area contributed by atoms with Gasteiger partial charge in [-0.3, -0.25) is 15.1 Å². The Kier molecular flexibility index (Phi) is 4.99. The van der Waals surface area contributed by atoms with E-state index in [-0.39, 0.29) is 17.3 Å². The molecule has 1 N–H and O–H groups in total. The molecule has 0 unspecified atom stereocenters. The van der Waals surface area contributed by atoms with E-state index in [1.54, 1.807) is 18.3 Å². The number of nitro benzene ring substituents is 1. The van der Waals surface area contributed by atoms with E-state index in [4.69, 9.17) is 0 Å². The van der Waals surface area contributed by atoms with Gasteiger partial charge in [0.25, 0.3) is 5.69 Å². The van der Waals surface area contributed by atoms with E-state index < -0.39 is 16.6 Å². The molecule has 0 aliphatic heterocycles. The van der Waals surface area contributed by atoms with E-state index in [1.165, 1.54) is 24.3 Å². The third-order valence-electron chi connectivity index (χ3n) is 2.87. The highest BCUT2D eigenvalue weighted by Crippen LogP contribution is 2.26. The van der Waals surface area contributed by atoms with Gasteiger partial charge in [-0.2, -0.15) is 0 Å². The molecule has 2 rings (SSSR count). The number of carbonyl (C=O) groups is 1. The van der Waals surface area contributed by atoms with Crippen LogP contribution in [0.15, 0.2) is 48.7 Å². The largest absolute Gasteiger partial charge is 0.750 e. The van der Waals surface area contributed by atoms with Crippen LogP contribution in [-0.2, 0) is 6.42 Å². The molecule has 22 heavy (non-hydrogen) atoms. The van der Waals surface area contributed by atoms with Crippen LogP contribution in [0, 0.1) is 15.3 Å². The maximum Gasteiger partial charge on any atom is 0.311 e. The molecule has 1 heterocycles. The minimum atomic E-state index is -0.953. The standard InChI is InChI=1S/C14H13N4O4/c19-14(16-10-8-11-5-3-4-9-15-11)17(20)12-6-1-2-7-13(12)18(21)22/h1-7,9H,8,10H2,(H,16,19)/q-1. The fourth-order valence-corrected chi connectivity index (χ4v) is 1.82. The number of pyridine rings is 1. The smallest absolute Gasteiger partial charge is 0.311 e. The maximum absolute atomic E-state index is 11.9. The van der Waals surface area contributed by atoms with E-state index in [0.717, 1.165) is 5.69 Å². The fraction of sp³-hybridized carbons (Fsp3) is 0.143. The first kappa shape index (κ1) is 15.4. The average Bonchev–Trinajstić information content (AvgIpc) is 2.55. The molecule has 0 spiro atoms. The number of urea groups is 1. The van der Waals surface area contributed by atoms with Gasteiger partial charge >= 0.3 is 6.03 Å². The third kappa shape index (κ3) is 3.76. The molecule has 0 atom stereocenters. The Morgan fingerprint density at radius 1 is 1.23 bits per heavy atom. The van der Waals surface area contributed by atoms with Crippen molar-refractivity contribution in [3.8, 4) is 0 Å². The van der Waals surface area contributed by atoms with Crippen molar-refractivity contribution in [2.24, 2.45) is 0 Å². The van der Waals surface area contributed by atoms with Crippen LogP contribution in [0.2, 0.25) is 0 Å². The maximum atomic E-state index is 11.9. The summed E-state index contributed by atoms with van der Waals surface area (Å²) in [6.07, 6.45) is 2.09. The van der Waals surface area contributed by atoms with E-state index >= 15 is 0 Å². The lowest BCUT2D eigenvalue weighted by Gasteiger charge is -2.27. The highest BCUT2D eigenvalue weighted by molar-refractivity contribution is 5.95. The van der Waals surface area contributed by atoms with E-state index in [1.807, 2.05) is 6.07 Å². The van der Waals surface area contributed by atoms with Gasteiger partial charge in [0.15, 0.2) is 0 Å². The molecule has 1 aromatic heterocycles. The number of aromatic nitrogens is 1.